The van der Waals surface area contributed by atoms with E-state index in [1.165, 1.54) is 0 Å². The van der Waals surface area contributed by atoms with Gasteiger partial charge in [-0.3, -0.25) is 0 Å². The van der Waals surface area contributed by atoms with Gasteiger partial charge < -0.3 is 14.9 Å². The maximum Gasteiger partial charge on any atom is 0.144 e. The molecule has 2 aliphatic carbocycles. The Balaban J connectivity index is 2.10. The number of hydrogen-bond acceptors (Lipinski definition) is 3. The van der Waals surface area contributed by atoms with Crippen LogP contribution in [-0.4, -0.2) is 29.2 Å². The van der Waals surface area contributed by atoms with E-state index in [0.717, 1.165) is 19.3 Å². The Kier molecular flexibility index (Phi) is 1.90. The Morgan fingerprint density at radius 3 is 2.83 bits per heavy atom. The minimum atomic E-state index is -0.372. The molecule has 2 N–H and O–H groups in total. The second kappa shape index (κ2) is 2.69. The largest absolute Gasteiger partial charge is 0.390 e. The molecule has 2 fully saturated rings. The molecule has 70 valence electrons. The first-order valence-electron chi connectivity index (χ1n) is 4.58. The smallest absolute Gasteiger partial charge is 0.144 e. The Hall–Kier alpha value is -0.120. The van der Waals surface area contributed by atoms with E-state index in [1.54, 1.807) is 0 Å². The second-order valence-corrected chi connectivity index (χ2v) is 4.36. The van der Waals surface area contributed by atoms with E-state index in [0.29, 0.717) is 5.92 Å². The molecule has 2 bridgehead atoms. The fourth-order valence-electron chi connectivity index (χ4n) is 2.83. The zero-order valence-electron chi connectivity index (χ0n) is 7.36. The molecule has 4 atom stereocenters. The van der Waals surface area contributed by atoms with Crippen LogP contribution in [0.15, 0.2) is 0 Å². The predicted octanol–water partition coefficient (Wildman–Crippen LogP) is 0.502. The number of fused-ring (bicyclic) bond motifs is 2. The average molecular weight is 172 g/mol. The number of aliphatic hydroxyl groups is 2. The molecule has 2 saturated carbocycles. The summed E-state index contributed by atoms with van der Waals surface area (Å²) in [5, 5.41) is 18.5. The standard InChI is InChI=1S/C9H16O3/c1-9-3-2-6(4-9)7(8(9)11)12-5-10/h6-8,10-11H,2-5H2,1H3. The summed E-state index contributed by atoms with van der Waals surface area (Å²) in [5.41, 5.74) is 0.0600. The van der Waals surface area contributed by atoms with E-state index in [-0.39, 0.29) is 24.4 Å². The lowest BCUT2D eigenvalue weighted by Crippen LogP contribution is -2.39. The summed E-state index contributed by atoms with van der Waals surface area (Å²) in [6, 6.07) is 0. The van der Waals surface area contributed by atoms with Gasteiger partial charge in [-0.2, -0.15) is 0 Å². The molecule has 0 saturated heterocycles. The molecular formula is C9H16O3. The summed E-state index contributed by atoms with van der Waals surface area (Å²) in [6.07, 6.45) is 2.80. The van der Waals surface area contributed by atoms with Crippen molar-refractivity contribution in [1.29, 1.82) is 0 Å². The molecule has 3 heteroatoms. The van der Waals surface area contributed by atoms with Gasteiger partial charge in [0, 0.05) is 0 Å². The van der Waals surface area contributed by atoms with Crippen LogP contribution in [0.1, 0.15) is 26.2 Å². The van der Waals surface area contributed by atoms with E-state index in [1.807, 2.05) is 0 Å². The van der Waals surface area contributed by atoms with Crippen molar-refractivity contribution in [2.45, 2.75) is 38.4 Å². The van der Waals surface area contributed by atoms with Gasteiger partial charge in [0.15, 0.2) is 0 Å². The van der Waals surface area contributed by atoms with Crippen molar-refractivity contribution in [3.05, 3.63) is 0 Å². The van der Waals surface area contributed by atoms with E-state index in [9.17, 15) is 5.11 Å². The summed E-state index contributed by atoms with van der Waals surface area (Å²) in [4.78, 5) is 0. The van der Waals surface area contributed by atoms with Crippen LogP contribution in [0.3, 0.4) is 0 Å². The van der Waals surface area contributed by atoms with Gasteiger partial charge in [0.05, 0.1) is 12.2 Å². The van der Waals surface area contributed by atoms with Gasteiger partial charge >= 0.3 is 0 Å². The highest BCUT2D eigenvalue weighted by Crippen LogP contribution is 2.54. The third kappa shape index (κ3) is 1.00. The Morgan fingerprint density at radius 2 is 2.33 bits per heavy atom. The molecule has 0 heterocycles. The van der Waals surface area contributed by atoms with Gasteiger partial charge in [-0.05, 0) is 30.6 Å². The average Bonchev–Trinajstić information content (AvgIpc) is 2.51. The first kappa shape index (κ1) is 8.48. The summed E-state index contributed by atoms with van der Waals surface area (Å²) in [5.74, 6) is 0.470. The monoisotopic (exact) mass is 172 g/mol. The van der Waals surface area contributed by atoms with Gasteiger partial charge in [-0.15, -0.1) is 0 Å². The molecule has 0 radical (unpaired) electrons. The van der Waals surface area contributed by atoms with Gasteiger partial charge in [-0.1, -0.05) is 6.92 Å². The molecule has 0 aliphatic heterocycles. The SMILES string of the molecule is CC12CCC(C1)C(OCO)C2O. The molecule has 0 aromatic heterocycles. The molecule has 12 heavy (non-hydrogen) atoms. The molecule has 2 aliphatic rings. The maximum atomic E-state index is 9.83. The normalized spacial score (nSPS) is 51.8. The highest BCUT2D eigenvalue weighted by Gasteiger charge is 2.55. The van der Waals surface area contributed by atoms with Crippen LogP contribution in [-0.2, 0) is 4.74 Å². The number of ether oxygens (including phenoxy) is 1. The zero-order chi connectivity index (χ0) is 8.77. The van der Waals surface area contributed by atoms with E-state index < -0.39 is 0 Å². The fourth-order valence-corrected chi connectivity index (χ4v) is 2.83. The van der Waals surface area contributed by atoms with Crippen LogP contribution in [0.25, 0.3) is 0 Å². The quantitative estimate of drug-likeness (QED) is 0.596. The third-order valence-corrected chi connectivity index (χ3v) is 3.57. The highest BCUT2D eigenvalue weighted by atomic mass is 16.6. The first-order chi connectivity index (χ1) is 5.67. The van der Waals surface area contributed by atoms with Gasteiger partial charge in [0.2, 0.25) is 0 Å². The van der Waals surface area contributed by atoms with Crippen LogP contribution in [0.2, 0.25) is 0 Å². The Bertz CT molecular complexity index is 183. The van der Waals surface area contributed by atoms with Gasteiger partial charge in [-0.25, -0.2) is 0 Å². The van der Waals surface area contributed by atoms with Crippen molar-refractivity contribution < 1.29 is 14.9 Å². The molecule has 0 spiro atoms. The minimum Gasteiger partial charge on any atom is -0.390 e. The van der Waals surface area contributed by atoms with Gasteiger partial charge in [0.1, 0.15) is 6.79 Å². The Morgan fingerprint density at radius 1 is 1.58 bits per heavy atom. The maximum absolute atomic E-state index is 9.83. The summed E-state index contributed by atoms with van der Waals surface area (Å²) in [6.45, 7) is 1.84. The van der Waals surface area contributed by atoms with Crippen molar-refractivity contribution in [3.63, 3.8) is 0 Å². The summed E-state index contributed by atoms with van der Waals surface area (Å²) < 4.78 is 5.12. The summed E-state index contributed by atoms with van der Waals surface area (Å²) in [7, 11) is 0. The van der Waals surface area contributed by atoms with Crippen LogP contribution >= 0.6 is 0 Å². The van der Waals surface area contributed by atoms with E-state index in [4.69, 9.17) is 9.84 Å². The molecule has 3 nitrogen and oxygen atoms in total. The molecule has 0 aromatic carbocycles. The van der Waals surface area contributed by atoms with Gasteiger partial charge in [0.25, 0.3) is 0 Å². The molecule has 4 unspecified atom stereocenters. The van der Waals surface area contributed by atoms with Crippen molar-refractivity contribution in [2.24, 2.45) is 11.3 Å². The third-order valence-electron chi connectivity index (χ3n) is 3.57. The molecule has 2 rings (SSSR count). The Labute approximate surface area is 72.3 Å². The van der Waals surface area contributed by atoms with E-state index in [2.05, 4.69) is 6.92 Å². The van der Waals surface area contributed by atoms with Crippen molar-refractivity contribution in [3.8, 4) is 0 Å². The topological polar surface area (TPSA) is 49.7 Å². The van der Waals surface area contributed by atoms with Crippen molar-refractivity contribution in [2.75, 3.05) is 6.79 Å². The molecule has 0 aromatic rings. The lowest BCUT2D eigenvalue weighted by atomic mass is 9.83. The van der Waals surface area contributed by atoms with Crippen molar-refractivity contribution >= 4 is 0 Å². The van der Waals surface area contributed by atoms with Crippen LogP contribution < -0.4 is 0 Å². The second-order valence-electron chi connectivity index (χ2n) is 4.36. The zero-order valence-corrected chi connectivity index (χ0v) is 7.36. The first-order valence-corrected chi connectivity index (χ1v) is 4.58. The van der Waals surface area contributed by atoms with Crippen LogP contribution in [0, 0.1) is 11.3 Å². The van der Waals surface area contributed by atoms with E-state index >= 15 is 0 Å². The van der Waals surface area contributed by atoms with Crippen molar-refractivity contribution in [1.82, 2.24) is 0 Å². The van der Waals surface area contributed by atoms with Crippen LogP contribution in [0.5, 0.6) is 0 Å². The number of hydrogen-bond donors (Lipinski definition) is 2. The molecule has 0 amide bonds. The number of aliphatic hydroxyl groups excluding tert-OH is 2. The predicted molar refractivity (Wildman–Crippen MR) is 43.4 cm³/mol. The number of rotatable bonds is 2. The lowest BCUT2D eigenvalue weighted by molar-refractivity contribution is -0.128. The fraction of sp³-hybridized carbons (Fsp3) is 1.00. The summed E-state index contributed by atoms with van der Waals surface area (Å²) >= 11 is 0. The lowest BCUT2D eigenvalue weighted by Gasteiger charge is -2.32. The highest BCUT2D eigenvalue weighted by molar-refractivity contribution is 5.05. The molecular weight excluding hydrogens is 156 g/mol. The van der Waals surface area contributed by atoms with Crippen LogP contribution in [0.4, 0.5) is 0 Å². The minimum absolute atomic E-state index is 0.0600.